The number of amides is 1. The molecule has 3 aromatic rings. The number of likely N-dealkylation sites (tertiary alicyclic amines) is 1. The smallest absolute Gasteiger partial charge is 0.351 e. The van der Waals surface area contributed by atoms with E-state index in [0.717, 1.165) is 10.6 Å². The van der Waals surface area contributed by atoms with Crippen molar-refractivity contribution in [3.05, 3.63) is 46.7 Å². The Balaban J connectivity index is 1.52. The van der Waals surface area contributed by atoms with Gasteiger partial charge in [0, 0.05) is 36.8 Å². The van der Waals surface area contributed by atoms with Crippen molar-refractivity contribution >= 4 is 11.6 Å². The first-order valence-corrected chi connectivity index (χ1v) is 9.84. The van der Waals surface area contributed by atoms with E-state index in [2.05, 4.69) is 15.2 Å². The van der Waals surface area contributed by atoms with Gasteiger partial charge in [-0.2, -0.15) is 18.3 Å². The lowest BCUT2D eigenvalue weighted by atomic mass is 9.92. The molecule has 0 N–H and O–H groups in total. The first-order valence-electron chi connectivity index (χ1n) is 9.84. The minimum atomic E-state index is -4.54. The fourth-order valence-corrected chi connectivity index (χ4v) is 3.72. The molecule has 0 unspecified atom stereocenters. The Morgan fingerprint density at radius 3 is 2.50 bits per heavy atom. The Hall–Kier alpha value is -2.91. The Labute approximate surface area is 170 Å². The molecular weight excluding hydrogens is 399 g/mol. The number of aryl methyl sites for hydroxylation is 1. The third-order valence-corrected chi connectivity index (χ3v) is 5.39. The number of halogens is 3. The van der Waals surface area contributed by atoms with E-state index in [1.54, 1.807) is 17.9 Å². The van der Waals surface area contributed by atoms with Gasteiger partial charge in [0.15, 0.2) is 5.65 Å². The van der Waals surface area contributed by atoms with Crippen molar-refractivity contribution in [3.63, 3.8) is 0 Å². The van der Waals surface area contributed by atoms with E-state index >= 15 is 0 Å². The molecule has 0 radical (unpaired) electrons. The number of aromatic nitrogens is 4. The van der Waals surface area contributed by atoms with Crippen LogP contribution in [0.2, 0.25) is 0 Å². The van der Waals surface area contributed by atoms with Gasteiger partial charge in [0.25, 0.3) is 5.91 Å². The number of fused-ring (bicyclic) bond motifs is 1. The van der Waals surface area contributed by atoms with E-state index in [1.165, 1.54) is 6.07 Å². The van der Waals surface area contributed by atoms with Crippen LogP contribution in [-0.2, 0) is 6.18 Å². The van der Waals surface area contributed by atoms with Crippen LogP contribution in [0.4, 0.5) is 13.2 Å². The van der Waals surface area contributed by atoms with Crippen molar-refractivity contribution in [2.24, 2.45) is 0 Å². The quantitative estimate of drug-likeness (QED) is 0.634. The zero-order chi connectivity index (χ0) is 21.6. The average molecular weight is 421 g/mol. The summed E-state index contributed by atoms with van der Waals surface area (Å²) in [5, 5.41) is 7.82. The lowest BCUT2D eigenvalue weighted by Gasteiger charge is -2.31. The average Bonchev–Trinajstić information content (AvgIpc) is 3.32. The number of hydrogen-bond donors (Lipinski definition) is 0. The lowest BCUT2D eigenvalue weighted by molar-refractivity contribution is -0.142. The standard InChI is InChI=1S/C20H22F3N5O2/c1-11(2)14-9-16(30-26-14)19(29)27-6-4-13(5-7-27)15-10-17(20(21,22)23)28-18(24-15)8-12(3)25-28/h8-11,13H,4-7H2,1-3H3. The fraction of sp³-hybridized carbons (Fsp3) is 0.500. The largest absolute Gasteiger partial charge is 0.433 e. The minimum absolute atomic E-state index is 0.150. The first-order chi connectivity index (χ1) is 14.1. The zero-order valence-corrected chi connectivity index (χ0v) is 16.9. The number of hydrogen-bond acceptors (Lipinski definition) is 5. The molecule has 1 saturated heterocycles. The maximum atomic E-state index is 13.5. The van der Waals surface area contributed by atoms with E-state index in [0.29, 0.717) is 43.0 Å². The topological polar surface area (TPSA) is 76.5 Å². The monoisotopic (exact) mass is 421 g/mol. The molecule has 4 rings (SSSR count). The number of carbonyl (C=O) groups is 1. The summed E-state index contributed by atoms with van der Waals surface area (Å²) in [6.07, 6.45) is -3.50. The molecule has 0 aromatic carbocycles. The summed E-state index contributed by atoms with van der Waals surface area (Å²) in [7, 11) is 0. The molecule has 0 bridgehead atoms. The van der Waals surface area contributed by atoms with Crippen LogP contribution in [0.5, 0.6) is 0 Å². The SMILES string of the molecule is Cc1cc2nc(C3CCN(C(=O)c4cc(C(C)C)no4)CC3)cc(C(F)(F)F)n2n1. The third kappa shape index (κ3) is 3.78. The van der Waals surface area contributed by atoms with Crippen molar-refractivity contribution in [3.8, 4) is 0 Å². The lowest BCUT2D eigenvalue weighted by Crippen LogP contribution is -2.38. The normalized spacial score (nSPS) is 16.0. The molecule has 1 fully saturated rings. The van der Waals surface area contributed by atoms with Gasteiger partial charge in [0.2, 0.25) is 5.76 Å². The van der Waals surface area contributed by atoms with E-state index in [1.807, 2.05) is 13.8 Å². The Bertz CT molecular complexity index is 1080. The summed E-state index contributed by atoms with van der Waals surface area (Å²) in [5.74, 6) is -0.0854. The summed E-state index contributed by atoms with van der Waals surface area (Å²) >= 11 is 0. The molecule has 1 aliphatic rings. The van der Waals surface area contributed by atoms with Gasteiger partial charge < -0.3 is 9.42 Å². The Morgan fingerprint density at radius 1 is 1.20 bits per heavy atom. The van der Waals surface area contributed by atoms with Crippen molar-refractivity contribution in [2.45, 2.75) is 51.6 Å². The molecule has 7 nitrogen and oxygen atoms in total. The summed E-state index contributed by atoms with van der Waals surface area (Å²) in [6.45, 7) is 6.37. The molecule has 0 aliphatic carbocycles. The van der Waals surface area contributed by atoms with Crippen LogP contribution in [0.3, 0.4) is 0 Å². The van der Waals surface area contributed by atoms with Gasteiger partial charge in [-0.25, -0.2) is 9.50 Å². The van der Waals surface area contributed by atoms with Crippen molar-refractivity contribution < 1.29 is 22.5 Å². The number of alkyl halides is 3. The van der Waals surface area contributed by atoms with Crippen LogP contribution in [0, 0.1) is 6.92 Å². The highest BCUT2D eigenvalue weighted by Crippen LogP contribution is 2.34. The highest BCUT2D eigenvalue weighted by atomic mass is 19.4. The summed E-state index contributed by atoms with van der Waals surface area (Å²) in [4.78, 5) is 18.7. The van der Waals surface area contributed by atoms with Crippen LogP contribution in [0.15, 0.2) is 22.7 Å². The maximum Gasteiger partial charge on any atom is 0.433 e. The highest BCUT2D eigenvalue weighted by molar-refractivity contribution is 5.91. The molecule has 3 aromatic heterocycles. The third-order valence-electron chi connectivity index (χ3n) is 5.39. The maximum absolute atomic E-state index is 13.5. The van der Waals surface area contributed by atoms with Crippen LogP contribution in [0.1, 0.15) is 71.9 Å². The van der Waals surface area contributed by atoms with Gasteiger partial charge in [-0.1, -0.05) is 19.0 Å². The predicted octanol–water partition coefficient (Wildman–Crippen LogP) is 4.19. The van der Waals surface area contributed by atoms with Gasteiger partial charge >= 0.3 is 6.18 Å². The van der Waals surface area contributed by atoms with Gasteiger partial charge in [-0.15, -0.1) is 0 Å². The van der Waals surface area contributed by atoms with E-state index < -0.39 is 11.9 Å². The first kappa shape index (κ1) is 20.4. The summed E-state index contributed by atoms with van der Waals surface area (Å²) in [5.41, 5.74) is 0.902. The molecule has 1 amide bonds. The molecule has 1 aliphatic heterocycles. The molecule has 0 saturated carbocycles. The molecular formula is C20H22F3N5O2. The second kappa shape index (κ2) is 7.41. The molecule has 4 heterocycles. The van der Waals surface area contributed by atoms with Gasteiger partial charge in [-0.3, -0.25) is 4.79 Å². The molecule has 0 atom stereocenters. The van der Waals surface area contributed by atoms with Crippen LogP contribution < -0.4 is 0 Å². The van der Waals surface area contributed by atoms with Crippen LogP contribution in [-0.4, -0.2) is 43.7 Å². The van der Waals surface area contributed by atoms with Crippen molar-refractivity contribution in [1.82, 2.24) is 24.7 Å². The molecule has 30 heavy (non-hydrogen) atoms. The van der Waals surface area contributed by atoms with Gasteiger partial charge in [-0.05, 0) is 31.7 Å². The molecule has 160 valence electrons. The second-order valence-electron chi connectivity index (χ2n) is 7.96. The highest BCUT2D eigenvalue weighted by Gasteiger charge is 2.36. The van der Waals surface area contributed by atoms with E-state index in [-0.39, 0.29) is 29.2 Å². The molecule has 0 spiro atoms. The van der Waals surface area contributed by atoms with Crippen molar-refractivity contribution in [1.29, 1.82) is 0 Å². The number of nitrogens with zero attached hydrogens (tertiary/aromatic N) is 5. The molecule has 10 heteroatoms. The number of carbonyl (C=O) groups excluding carboxylic acids is 1. The summed E-state index contributed by atoms with van der Waals surface area (Å²) in [6, 6.07) is 4.26. The Morgan fingerprint density at radius 2 is 1.90 bits per heavy atom. The fourth-order valence-electron chi connectivity index (χ4n) is 3.72. The summed E-state index contributed by atoms with van der Waals surface area (Å²) < 4.78 is 46.6. The van der Waals surface area contributed by atoms with Gasteiger partial charge in [0.05, 0.1) is 11.4 Å². The second-order valence-corrected chi connectivity index (χ2v) is 7.96. The van der Waals surface area contributed by atoms with Crippen molar-refractivity contribution in [2.75, 3.05) is 13.1 Å². The number of piperidine rings is 1. The van der Waals surface area contributed by atoms with Crippen LogP contribution in [0.25, 0.3) is 5.65 Å². The zero-order valence-electron chi connectivity index (χ0n) is 16.9. The number of rotatable bonds is 3. The van der Waals surface area contributed by atoms with E-state index in [4.69, 9.17) is 4.52 Å². The van der Waals surface area contributed by atoms with Crippen LogP contribution >= 0.6 is 0 Å². The Kier molecular flexibility index (Phi) is 5.03. The predicted molar refractivity (Wildman–Crippen MR) is 101 cm³/mol. The minimum Gasteiger partial charge on any atom is -0.351 e. The van der Waals surface area contributed by atoms with Gasteiger partial charge in [0.1, 0.15) is 5.69 Å². The van der Waals surface area contributed by atoms with E-state index in [9.17, 15) is 18.0 Å².